The maximum atomic E-state index is 11.3. The SMILES string of the molecule is CCc1ccc2oc(Br)c(CC(=O)OC)c2c1. The van der Waals surface area contributed by atoms with Gasteiger partial charge in [0.05, 0.1) is 13.5 Å². The number of aryl methyl sites for hydroxylation is 1. The first-order chi connectivity index (χ1) is 8.15. The predicted molar refractivity (Wildman–Crippen MR) is 69.0 cm³/mol. The Hall–Kier alpha value is -1.29. The molecule has 1 aromatic heterocycles. The van der Waals surface area contributed by atoms with Gasteiger partial charge >= 0.3 is 5.97 Å². The molecule has 3 nitrogen and oxygen atoms in total. The van der Waals surface area contributed by atoms with E-state index in [9.17, 15) is 4.79 Å². The molecule has 90 valence electrons. The molecule has 2 aromatic rings. The van der Waals surface area contributed by atoms with Gasteiger partial charge in [0.2, 0.25) is 0 Å². The molecule has 0 aliphatic carbocycles. The van der Waals surface area contributed by atoms with Gasteiger partial charge in [-0.25, -0.2) is 0 Å². The molecule has 0 radical (unpaired) electrons. The summed E-state index contributed by atoms with van der Waals surface area (Å²) in [4.78, 5) is 11.3. The zero-order chi connectivity index (χ0) is 12.4. The summed E-state index contributed by atoms with van der Waals surface area (Å²) in [6.07, 6.45) is 1.17. The molecular weight excluding hydrogens is 284 g/mol. The Balaban J connectivity index is 2.52. The van der Waals surface area contributed by atoms with Gasteiger partial charge in [0.15, 0.2) is 4.67 Å². The number of carbonyl (C=O) groups excluding carboxylic acids is 1. The number of hydrogen-bond donors (Lipinski definition) is 0. The van der Waals surface area contributed by atoms with Crippen LogP contribution in [-0.4, -0.2) is 13.1 Å². The van der Waals surface area contributed by atoms with Gasteiger partial charge < -0.3 is 9.15 Å². The smallest absolute Gasteiger partial charge is 0.310 e. The van der Waals surface area contributed by atoms with Crippen LogP contribution in [0.4, 0.5) is 0 Å². The summed E-state index contributed by atoms with van der Waals surface area (Å²) in [5.74, 6) is -0.268. The van der Waals surface area contributed by atoms with Crippen LogP contribution in [-0.2, 0) is 22.4 Å². The van der Waals surface area contributed by atoms with Crippen molar-refractivity contribution in [2.75, 3.05) is 7.11 Å². The summed E-state index contributed by atoms with van der Waals surface area (Å²) in [7, 11) is 1.38. The summed E-state index contributed by atoms with van der Waals surface area (Å²) < 4.78 is 10.8. The van der Waals surface area contributed by atoms with E-state index in [-0.39, 0.29) is 12.4 Å². The molecule has 0 aliphatic rings. The molecule has 17 heavy (non-hydrogen) atoms. The molecule has 0 bridgehead atoms. The predicted octanol–water partition coefficient (Wildman–Crippen LogP) is 3.47. The summed E-state index contributed by atoms with van der Waals surface area (Å²) in [6.45, 7) is 2.09. The normalized spacial score (nSPS) is 10.8. The molecule has 0 amide bonds. The maximum Gasteiger partial charge on any atom is 0.310 e. The van der Waals surface area contributed by atoms with Crippen molar-refractivity contribution in [1.29, 1.82) is 0 Å². The topological polar surface area (TPSA) is 39.4 Å². The lowest BCUT2D eigenvalue weighted by Crippen LogP contribution is -2.04. The fourth-order valence-electron chi connectivity index (χ4n) is 1.77. The van der Waals surface area contributed by atoms with Crippen LogP contribution in [0.3, 0.4) is 0 Å². The molecule has 0 aliphatic heterocycles. The Labute approximate surface area is 108 Å². The highest BCUT2D eigenvalue weighted by Crippen LogP contribution is 2.31. The monoisotopic (exact) mass is 296 g/mol. The largest absolute Gasteiger partial charge is 0.469 e. The van der Waals surface area contributed by atoms with E-state index in [2.05, 4.69) is 33.7 Å². The third-order valence-electron chi connectivity index (χ3n) is 2.76. The third kappa shape index (κ3) is 2.36. The maximum absolute atomic E-state index is 11.3. The van der Waals surface area contributed by atoms with Crippen LogP contribution >= 0.6 is 15.9 Å². The lowest BCUT2D eigenvalue weighted by Gasteiger charge is -1.99. The Morgan fingerprint density at radius 2 is 2.24 bits per heavy atom. The van der Waals surface area contributed by atoms with Crippen LogP contribution in [0, 0.1) is 0 Å². The number of carbonyl (C=O) groups is 1. The second-order valence-electron chi connectivity index (χ2n) is 3.79. The number of furan rings is 1. The van der Waals surface area contributed by atoms with Gasteiger partial charge in [0.1, 0.15) is 5.58 Å². The van der Waals surface area contributed by atoms with E-state index in [0.29, 0.717) is 4.67 Å². The summed E-state index contributed by atoms with van der Waals surface area (Å²) in [5, 5.41) is 0.974. The van der Waals surface area contributed by atoms with E-state index in [4.69, 9.17) is 4.42 Å². The van der Waals surface area contributed by atoms with Crippen molar-refractivity contribution in [2.24, 2.45) is 0 Å². The van der Waals surface area contributed by atoms with Crippen molar-refractivity contribution < 1.29 is 13.9 Å². The summed E-state index contributed by atoms with van der Waals surface area (Å²) in [6, 6.07) is 6.02. The summed E-state index contributed by atoms with van der Waals surface area (Å²) in [5.41, 5.74) is 2.85. The van der Waals surface area contributed by atoms with Crippen LogP contribution in [0.25, 0.3) is 11.0 Å². The highest BCUT2D eigenvalue weighted by molar-refractivity contribution is 9.10. The summed E-state index contributed by atoms with van der Waals surface area (Å²) >= 11 is 3.34. The number of fused-ring (bicyclic) bond motifs is 1. The highest BCUT2D eigenvalue weighted by atomic mass is 79.9. The fourth-order valence-corrected chi connectivity index (χ4v) is 2.30. The zero-order valence-corrected chi connectivity index (χ0v) is 11.3. The Morgan fingerprint density at radius 3 is 2.88 bits per heavy atom. The minimum absolute atomic E-state index is 0.219. The van der Waals surface area contributed by atoms with Gasteiger partial charge in [-0.05, 0) is 40.0 Å². The van der Waals surface area contributed by atoms with Gasteiger partial charge in [0.25, 0.3) is 0 Å². The van der Waals surface area contributed by atoms with Gasteiger partial charge in [-0.15, -0.1) is 0 Å². The standard InChI is InChI=1S/C13H13BrO3/c1-3-8-4-5-11-9(6-8)10(13(14)17-11)7-12(15)16-2/h4-6H,3,7H2,1-2H3. The number of methoxy groups -OCH3 is 1. The highest BCUT2D eigenvalue weighted by Gasteiger charge is 2.15. The Bertz CT molecular complexity index is 557. The van der Waals surface area contributed by atoms with Crippen LogP contribution < -0.4 is 0 Å². The van der Waals surface area contributed by atoms with Crippen molar-refractivity contribution in [1.82, 2.24) is 0 Å². The molecule has 0 saturated carbocycles. The number of hydrogen-bond acceptors (Lipinski definition) is 3. The van der Waals surface area contributed by atoms with E-state index in [1.807, 2.05) is 12.1 Å². The van der Waals surface area contributed by atoms with E-state index in [0.717, 1.165) is 23.0 Å². The van der Waals surface area contributed by atoms with E-state index < -0.39 is 0 Å². The number of halogens is 1. The lowest BCUT2D eigenvalue weighted by molar-refractivity contribution is -0.139. The molecule has 1 heterocycles. The van der Waals surface area contributed by atoms with Crippen LogP contribution in [0.5, 0.6) is 0 Å². The minimum Gasteiger partial charge on any atom is -0.469 e. The molecule has 0 unspecified atom stereocenters. The Morgan fingerprint density at radius 1 is 1.47 bits per heavy atom. The number of rotatable bonds is 3. The fraction of sp³-hybridized carbons (Fsp3) is 0.308. The number of esters is 1. The first kappa shape index (κ1) is 12.2. The quantitative estimate of drug-likeness (QED) is 0.814. The average molecular weight is 297 g/mol. The van der Waals surface area contributed by atoms with Crippen LogP contribution in [0.1, 0.15) is 18.1 Å². The van der Waals surface area contributed by atoms with Crippen molar-refractivity contribution in [3.8, 4) is 0 Å². The molecule has 0 N–H and O–H groups in total. The van der Waals surface area contributed by atoms with Gasteiger partial charge in [0, 0.05) is 10.9 Å². The molecule has 4 heteroatoms. The van der Waals surface area contributed by atoms with Gasteiger partial charge in [-0.3, -0.25) is 4.79 Å². The third-order valence-corrected chi connectivity index (χ3v) is 3.40. The molecule has 0 spiro atoms. The number of ether oxygens (including phenoxy) is 1. The molecule has 1 aromatic carbocycles. The van der Waals surface area contributed by atoms with E-state index in [1.165, 1.54) is 12.7 Å². The minimum atomic E-state index is -0.268. The van der Waals surface area contributed by atoms with Crippen molar-refractivity contribution in [3.05, 3.63) is 34.0 Å². The molecule has 2 rings (SSSR count). The molecule has 0 fully saturated rings. The van der Waals surface area contributed by atoms with Gasteiger partial charge in [-0.1, -0.05) is 13.0 Å². The first-order valence-corrected chi connectivity index (χ1v) is 6.21. The van der Waals surface area contributed by atoms with Gasteiger partial charge in [-0.2, -0.15) is 0 Å². The van der Waals surface area contributed by atoms with Crippen molar-refractivity contribution >= 4 is 32.9 Å². The lowest BCUT2D eigenvalue weighted by atomic mass is 10.1. The van der Waals surface area contributed by atoms with E-state index >= 15 is 0 Å². The first-order valence-electron chi connectivity index (χ1n) is 5.42. The van der Waals surface area contributed by atoms with Crippen LogP contribution in [0.15, 0.2) is 27.3 Å². The van der Waals surface area contributed by atoms with E-state index in [1.54, 1.807) is 0 Å². The van der Waals surface area contributed by atoms with Crippen molar-refractivity contribution in [2.45, 2.75) is 19.8 Å². The molecular formula is C13H13BrO3. The Kier molecular flexibility index (Phi) is 3.52. The average Bonchev–Trinajstić information content (AvgIpc) is 2.65. The van der Waals surface area contributed by atoms with Crippen molar-refractivity contribution in [3.63, 3.8) is 0 Å². The number of benzene rings is 1. The molecule has 0 saturated heterocycles. The second-order valence-corrected chi connectivity index (χ2v) is 4.51. The second kappa shape index (κ2) is 4.92. The van der Waals surface area contributed by atoms with Crippen LogP contribution in [0.2, 0.25) is 0 Å². The molecule has 0 atom stereocenters. The zero-order valence-electron chi connectivity index (χ0n) is 9.75.